The van der Waals surface area contributed by atoms with E-state index in [0.29, 0.717) is 12.2 Å². The molecule has 0 atom stereocenters. The fraction of sp³-hybridized carbons (Fsp3) is 0.250. The Morgan fingerprint density at radius 2 is 1.96 bits per heavy atom. The molecule has 0 aliphatic carbocycles. The summed E-state index contributed by atoms with van der Waals surface area (Å²) in [7, 11) is 4.01. The van der Waals surface area contributed by atoms with Gasteiger partial charge in [-0.25, -0.2) is 0 Å². The number of nitrogens with one attached hydrogen (secondary N) is 2. The lowest BCUT2D eigenvalue weighted by atomic mass is 10.1. The van der Waals surface area contributed by atoms with Crippen LogP contribution in [-0.2, 0) is 0 Å². The van der Waals surface area contributed by atoms with Gasteiger partial charge in [-0.3, -0.25) is 4.79 Å². The molecule has 1 aromatic heterocycles. The van der Waals surface area contributed by atoms with Gasteiger partial charge in [-0.15, -0.1) is 0 Å². The predicted molar refractivity (Wildman–Crippen MR) is 101 cm³/mol. The number of aromatic amines is 1. The summed E-state index contributed by atoms with van der Waals surface area (Å²) in [6.07, 6.45) is 0. The molecule has 0 saturated carbocycles. The largest absolute Gasteiger partial charge is 0.492 e. The van der Waals surface area contributed by atoms with Crippen molar-refractivity contribution in [3.63, 3.8) is 0 Å². The molecule has 0 spiro atoms. The number of anilines is 1. The second-order valence-corrected chi connectivity index (χ2v) is 6.30. The first-order valence-electron chi connectivity index (χ1n) is 8.31. The van der Waals surface area contributed by atoms with Crippen LogP contribution in [0.25, 0.3) is 10.9 Å². The van der Waals surface area contributed by atoms with Crippen molar-refractivity contribution >= 4 is 22.5 Å². The molecule has 0 aliphatic rings. The van der Waals surface area contributed by atoms with Crippen molar-refractivity contribution < 1.29 is 9.53 Å². The summed E-state index contributed by atoms with van der Waals surface area (Å²) in [4.78, 5) is 18.1. The third kappa shape index (κ3) is 4.00. The number of nitrogens with zero attached hydrogens (tertiary/aromatic N) is 1. The molecule has 0 saturated heterocycles. The van der Waals surface area contributed by atoms with Crippen molar-refractivity contribution in [3.8, 4) is 5.75 Å². The standard InChI is InChI=1S/C20H23N3O2/c1-14-19(17-9-4-5-10-18(17)21-14)20(24)22-15-7-6-8-16(13-15)25-12-11-23(2)3/h4-10,13,21H,11-12H2,1-3H3,(H,22,24). The molecular weight excluding hydrogens is 314 g/mol. The molecule has 1 amide bonds. The lowest BCUT2D eigenvalue weighted by molar-refractivity contribution is 0.102. The number of carbonyl (C=O) groups excluding carboxylic acids is 1. The third-order valence-electron chi connectivity index (χ3n) is 4.02. The summed E-state index contributed by atoms with van der Waals surface area (Å²) in [6.45, 7) is 3.35. The van der Waals surface area contributed by atoms with Gasteiger partial charge in [-0.2, -0.15) is 0 Å². The molecular formula is C20H23N3O2. The van der Waals surface area contributed by atoms with Crippen LogP contribution in [0.5, 0.6) is 5.75 Å². The minimum atomic E-state index is -0.125. The van der Waals surface area contributed by atoms with Crippen molar-refractivity contribution in [3.05, 3.63) is 59.8 Å². The number of likely N-dealkylation sites (N-methyl/N-ethyl adjacent to an activating group) is 1. The van der Waals surface area contributed by atoms with Gasteiger partial charge in [0.05, 0.1) is 5.56 Å². The Morgan fingerprint density at radius 3 is 2.76 bits per heavy atom. The number of ether oxygens (including phenoxy) is 1. The molecule has 0 radical (unpaired) electrons. The van der Waals surface area contributed by atoms with Crippen LogP contribution in [0.1, 0.15) is 16.1 Å². The average molecular weight is 337 g/mol. The quantitative estimate of drug-likeness (QED) is 0.721. The molecule has 3 aromatic rings. The van der Waals surface area contributed by atoms with Crippen molar-refractivity contribution in [2.75, 3.05) is 32.6 Å². The zero-order valence-corrected chi connectivity index (χ0v) is 14.8. The van der Waals surface area contributed by atoms with Crippen LogP contribution < -0.4 is 10.1 Å². The summed E-state index contributed by atoms with van der Waals surface area (Å²) in [5.74, 6) is 0.621. The average Bonchev–Trinajstić information content (AvgIpc) is 2.90. The number of hydrogen-bond acceptors (Lipinski definition) is 3. The Bertz CT molecular complexity index is 884. The zero-order chi connectivity index (χ0) is 17.8. The van der Waals surface area contributed by atoms with Crippen molar-refractivity contribution in [1.82, 2.24) is 9.88 Å². The first kappa shape index (κ1) is 17.0. The van der Waals surface area contributed by atoms with E-state index < -0.39 is 0 Å². The molecule has 0 fully saturated rings. The number of rotatable bonds is 6. The number of carbonyl (C=O) groups is 1. The maximum Gasteiger partial charge on any atom is 0.258 e. The van der Waals surface area contributed by atoms with Gasteiger partial charge in [-0.1, -0.05) is 24.3 Å². The second kappa shape index (κ2) is 7.40. The SMILES string of the molecule is Cc1[nH]c2ccccc2c1C(=O)Nc1cccc(OCCN(C)C)c1. The molecule has 5 heteroatoms. The van der Waals surface area contributed by atoms with Crippen molar-refractivity contribution in [2.45, 2.75) is 6.92 Å². The predicted octanol–water partition coefficient (Wildman–Crippen LogP) is 3.67. The van der Waals surface area contributed by atoms with E-state index in [2.05, 4.69) is 15.2 Å². The number of fused-ring (bicyclic) bond motifs is 1. The minimum absolute atomic E-state index is 0.125. The summed E-state index contributed by atoms with van der Waals surface area (Å²) < 4.78 is 5.72. The molecule has 0 bridgehead atoms. The normalized spacial score (nSPS) is 11.0. The van der Waals surface area contributed by atoms with Gasteiger partial charge in [-0.05, 0) is 39.2 Å². The lowest BCUT2D eigenvalue weighted by Crippen LogP contribution is -2.19. The zero-order valence-electron chi connectivity index (χ0n) is 14.8. The number of aromatic nitrogens is 1. The lowest BCUT2D eigenvalue weighted by Gasteiger charge is -2.12. The smallest absolute Gasteiger partial charge is 0.258 e. The summed E-state index contributed by atoms with van der Waals surface area (Å²) in [5.41, 5.74) is 3.22. The van der Waals surface area contributed by atoms with Crippen LogP contribution in [0, 0.1) is 6.92 Å². The Kier molecular flexibility index (Phi) is 5.05. The van der Waals surface area contributed by atoms with Gasteiger partial charge in [0, 0.05) is 34.9 Å². The Morgan fingerprint density at radius 1 is 1.16 bits per heavy atom. The van der Waals surface area contributed by atoms with Gasteiger partial charge >= 0.3 is 0 Å². The second-order valence-electron chi connectivity index (χ2n) is 6.30. The third-order valence-corrected chi connectivity index (χ3v) is 4.02. The van der Waals surface area contributed by atoms with E-state index in [9.17, 15) is 4.79 Å². The monoisotopic (exact) mass is 337 g/mol. The molecule has 1 heterocycles. The number of aryl methyl sites for hydroxylation is 1. The van der Waals surface area contributed by atoms with E-state index in [0.717, 1.165) is 34.6 Å². The van der Waals surface area contributed by atoms with E-state index in [4.69, 9.17) is 4.74 Å². The van der Waals surface area contributed by atoms with E-state index in [1.807, 2.05) is 69.6 Å². The van der Waals surface area contributed by atoms with Gasteiger partial charge < -0.3 is 19.9 Å². The van der Waals surface area contributed by atoms with E-state index in [-0.39, 0.29) is 5.91 Å². The number of H-pyrrole nitrogens is 1. The first-order valence-corrected chi connectivity index (χ1v) is 8.31. The maximum absolute atomic E-state index is 12.7. The van der Waals surface area contributed by atoms with Gasteiger partial charge in [0.25, 0.3) is 5.91 Å². The summed E-state index contributed by atoms with van der Waals surface area (Å²) in [6, 6.07) is 15.3. The molecule has 0 aliphatic heterocycles. The Balaban J connectivity index is 1.75. The molecule has 2 aromatic carbocycles. The van der Waals surface area contributed by atoms with Crippen LogP contribution in [0.2, 0.25) is 0 Å². The highest BCUT2D eigenvalue weighted by Crippen LogP contribution is 2.24. The van der Waals surface area contributed by atoms with E-state index in [1.165, 1.54) is 0 Å². The summed E-state index contributed by atoms with van der Waals surface area (Å²) in [5, 5.41) is 3.89. The van der Waals surface area contributed by atoms with E-state index in [1.54, 1.807) is 0 Å². The van der Waals surface area contributed by atoms with Crippen molar-refractivity contribution in [2.24, 2.45) is 0 Å². The number of hydrogen-bond donors (Lipinski definition) is 2. The maximum atomic E-state index is 12.7. The first-order chi connectivity index (χ1) is 12.0. The Hall–Kier alpha value is -2.79. The fourth-order valence-electron chi connectivity index (χ4n) is 2.77. The number of benzene rings is 2. The fourth-order valence-corrected chi connectivity index (χ4v) is 2.77. The number of amides is 1. The van der Waals surface area contributed by atoms with Gasteiger partial charge in [0.1, 0.15) is 12.4 Å². The molecule has 5 nitrogen and oxygen atoms in total. The van der Waals surface area contributed by atoms with Crippen LogP contribution >= 0.6 is 0 Å². The van der Waals surface area contributed by atoms with Crippen LogP contribution in [0.3, 0.4) is 0 Å². The molecule has 3 rings (SSSR count). The molecule has 130 valence electrons. The minimum Gasteiger partial charge on any atom is -0.492 e. The van der Waals surface area contributed by atoms with Crippen LogP contribution in [-0.4, -0.2) is 43.0 Å². The van der Waals surface area contributed by atoms with Crippen molar-refractivity contribution in [1.29, 1.82) is 0 Å². The van der Waals surface area contributed by atoms with Crippen LogP contribution in [0.15, 0.2) is 48.5 Å². The van der Waals surface area contributed by atoms with Gasteiger partial charge in [0.2, 0.25) is 0 Å². The highest BCUT2D eigenvalue weighted by molar-refractivity contribution is 6.13. The topological polar surface area (TPSA) is 57.4 Å². The molecule has 25 heavy (non-hydrogen) atoms. The molecule has 0 unspecified atom stereocenters. The van der Waals surface area contributed by atoms with E-state index >= 15 is 0 Å². The highest BCUT2D eigenvalue weighted by Gasteiger charge is 2.16. The summed E-state index contributed by atoms with van der Waals surface area (Å²) >= 11 is 0. The number of para-hydroxylation sites is 1. The van der Waals surface area contributed by atoms with Crippen LogP contribution in [0.4, 0.5) is 5.69 Å². The van der Waals surface area contributed by atoms with Gasteiger partial charge in [0.15, 0.2) is 0 Å². The Labute approximate surface area is 147 Å². The highest BCUT2D eigenvalue weighted by atomic mass is 16.5. The molecule has 2 N–H and O–H groups in total.